The minimum atomic E-state index is -0.386. The van der Waals surface area contributed by atoms with Crippen LogP contribution < -0.4 is 10.6 Å². The Labute approximate surface area is 127 Å². The summed E-state index contributed by atoms with van der Waals surface area (Å²) in [5.74, 6) is 0.201. The largest absolute Gasteiger partial charge is 0.344 e. The van der Waals surface area contributed by atoms with E-state index < -0.39 is 0 Å². The van der Waals surface area contributed by atoms with Crippen molar-refractivity contribution in [2.75, 3.05) is 13.1 Å². The van der Waals surface area contributed by atoms with Crippen LogP contribution in [0.1, 0.15) is 25.3 Å². The van der Waals surface area contributed by atoms with E-state index in [9.17, 15) is 9.18 Å². The maximum Gasteiger partial charge on any atom is 0.249 e. The Kier molecular flexibility index (Phi) is 4.15. The van der Waals surface area contributed by atoms with Crippen LogP contribution in [-0.2, 0) is 4.79 Å². The Morgan fingerprint density at radius 2 is 2.41 bits per heavy atom. The molecule has 7 heteroatoms. The van der Waals surface area contributed by atoms with Gasteiger partial charge in [0.2, 0.25) is 17.6 Å². The van der Waals surface area contributed by atoms with Gasteiger partial charge in [0.15, 0.2) is 0 Å². The monoisotopic (exact) mass is 304 g/mol. The molecule has 3 rings (SSSR count). The van der Waals surface area contributed by atoms with Crippen molar-refractivity contribution in [2.24, 2.45) is 5.92 Å². The van der Waals surface area contributed by atoms with Gasteiger partial charge in [-0.15, -0.1) is 0 Å². The summed E-state index contributed by atoms with van der Waals surface area (Å²) in [5, 5.41) is 9.85. The number of nitrogens with zero attached hydrogens (tertiary/aromatic N) is 2. The fraction of sp³-hybridized carbons (Fsp3) is 0.400. The fourth-order valence-corrected chi connectivity index (χ4v) is 2.43. The van der Waals surface area contributed by atoms with Gasteiger partial charge < -0.3 is 15.2 Å². The third-order valence-corrected chi connectivity index (χ3v) is 3.68. The number of halogens is 1. The second kappa shape index (κ2) is 6.23. The molecule has 6 nitrogen and oxygen atoms in total. The fourth-order valence-electron chi connectivity index (χ4n) is 2.43. The first-order valence-corrected chi connectivity index (χ1v) is 7.24. The van der Waals surface area contributed by atoms with E-state index in [-0.39, 0.29) is 23.7 Å². The number of hydrogen-bond acceptors (Lipinski definition) is 5. The standard InChI is InChI=1S/C15H17FN4O2/c1-9(18-14(21)11-5-6-17-8-11)15-19-13(20-22-15)10-3-2-4-12(16)7-10/h2-4,7,9,11,17H,5-6,8H2,1H3,(H,18,21). The van der Waals surface area contributed by atoms with Crippen molar-refractivity contribution in [1.29, 1.82) is 0 Å². The first kappa shape index (κ1) is 14.6. The highest BCUT2D eigenvalue weighted by molar-refractivity contribution is 5.79. The summed E-state index contributed by atoms with van der Waals surface area (Å²) in [7, 11) is 0. The third-order valence-electron chi connectivity index (χ3n) is 3.68. The number of rotatable bonds is 4. The molecule has 1 aromatic carbocycles. The van der Waals surface area contributed by atoms with Crippen LogP contribution in [0.15, 0.2) is 28.8 Å². The van der Waals surface area contributed by atoms with Crippen LogP contribution in [0.4, 0.5) is 4.39 Å². The van der Waals surface area contributed by atoms with Gasteiger partial charge in [0.05, 0.1) is 5.92 Å². The maximum absolute atomic E-state index is 13.2. The number of carbonyl (C=O) groups is 1. The zero-order chi connectivity index (χ0) is 15.5. The van der Waals surface area contributed by atoms with Crippen LogP contribution in [0.2, 0.25) is 0 Å². The minimum Gasteiger partial charge on any atom is -0.344 e. The molecular weight excluding hydrogens is 287 g/mol. The summed E-state index contributed by atoms with van der Waals surface area (Å²) >= 11 is 0. The Bertz CT molecular complexity index is 667. The molecule has 1 aromatic heterocycles. The second-order valence-corrected chi connectivity index (χ2v) is 5.39. The van der Waals surface area contributed by atoms with E-state index in [1.54, 1.807) is 19.1 Å². The predicted molar refractivity (Wildman–Crippen MR) is 77.2 cm³/mol. The summed E-state index contributed by atoms with van der Waals surface area (Å²) < 4.78 is 18.4. The van der Waals surface area contributed by atoms with E-state index >= 15 is 0 Å². The van der Waals surface area contributed by atoms with Gasteiger partial charge in [-0.3, -0.25) is 4.79 Å². The molecule has 2 N–H and O–H groups in total. The lowest BCUT2D eigenvalue weighted by atomic mass is 10.1. The van der Waals surface area contributed by atoms with Crippen LogP contribution in [0, 0.1) is 11.7 Å². The van der Waals surface area contributed by atoms with Gasteiger partial charge in [0, 0.05) is 12.1 Å². The molecule has 116 valence electrons. The lowest BCUT2D eigenvalue weighted by Gasteiger charge is -2.13. The molecule has 1 fully saturated rings. The van der Waals surface area contributed by atoms with Crippen molar-refractivity contribution >= 4 is 5.91 Å². The molecule has 0 aliphatic carbocycles. The normalized spacial score (nSPS) is 19.1. The average Bonchev–Trinajstić information content (AvgIpc) is 3.19. The van der Waals surface area contributed by atoms with Crippen molar-refractivity contribution < 1.29 is 13.7 Å². The van der Waals surface area contributed by atoms with Crippen molar-refractivity contribution in [1.82, 2.24) is 20.8 Å². The average molecular weight is 304 g/mol. The summed E-state index contributed by atoms with van der Waals surface area (Å²) in [4.78, 5) is 16.3. The van der Waals surface area contributed by atoms with E-state index in [2.05, 4.69) is 20.8 Å². The zero-order valence-electron chi connectivity index (χ0n) is 12.2. The molecule has 0 spiro atoms. The number of benzene rings is 1. The first-order valence-electron chi connectivity index (χ1n) is 7.24. The molecule has 1 aliphatic rings. The number of hydrogen-bond donors (Lipinski definition) is 2. The van der Waals surface area contributed by atoms with Crippen LogP contribution in [-0.4, -0.2) is 29.1 Å². The van der Waals surface area contributed by atoms with Crippen molar-refractivity contribution in [3.8, 4) is 11.4 Å². The van der Waals surface area contributed by atoms with E-state index in [1.807, 2.05) is 0 Å². The quantitative estimate of drug-likeness (QED) is 0.898. The molecule has 0 saturated carbocycles. The first-order chi connectivity index (χ1) is 10.6. The Morgan fingerprint density at radius 3 is 3.14 bits per heavy atom. The third kappa shape index (κ3) is 3.14. The summed E-state index contributed by atoms with van der Waals surface area (Å²) in [5.41, 5.74) is 0.536. The summed E-state index contributed by atoms with van der Waals surface area (Å²) in [6, 6.07) is 5.58. The van der Waals surface area contributed by atoms with E-state index in [4.69, 9.17) is 4.52 Å². The lowest BCUT2D eigenvalue weighted by Crippen LogP contribution is -2.33. The van der Waals surface area contributed by atoms with Gasteiger partial charge in [0.1, 0.15) is 11.9 Å². The minimum absolute atomic E-state index is 0.0203. The highest BCUT2D eigenvalue weighted by atomic mass is 19.1. The topological polar surface area (TPSA) is 80.0 Å². The second-order valence-electron chi connectivity index (χ2n) is 5.39. The Morgan fingerprint density at radius 1 is 1.55 bits per heavy atom. The van der Waals surface area contributed by atoms with E-state index in [1.165, 1.54) is 12.1 Å². The van der Waals surface area contributed by atoms with Crippen molar-refractivity contribution in [2.45, 2.75) is 19.4 Å². The number of nitrogens with one attached hydrogen (secondary N) is 2. The van der Waals surface area contributed by atoms with Gasteiger partial charge >= 0.3 is 0 Å². The number of aromatic nitrogens is 2. The number of amides is 1. The number of carbonyl (C=O) groups excluding carboxylic acids is 1. The molecule has 2 aromatic rings. The molecule has 0 radical (unpaired) electrons. The smallest absolute Gasteiger partial charge is 0.249 e. The molecule has 0 bridgehead atoms. The molecule has 22 heavy (non-hydrogen) atoms. The van der Waals surface area contributed by atoms with Crippen LogP contribution in [0.3, 0.4) is 0 Å². The van der Waals surface area contributed by atoms with Crippen molar-refractivity contribution in [3.63, 3.8) is 0 Å². The zero-order valence-corrected chi connectivity index (χ0v) is 12.2. The summed E-state index contributed by atoms with van der Waals surface area (Å²) in [6.07, 6.45) is 0.830. The molecule has 2 unspecified atom stereocenters. The van der Waals surface area contributed by atoms with Gasteiger partial charge in [-0.05, 0) is 32.0 Å². The highest BCUT2D eigenvalue weighted by Gasteiger charge is 2.25. The molecule has 1 saturated heterocycles. The van der Waals surface area contributed by atoms with Gasteiger partial charge in [-0.25, -0.2) is 4.39 Å². The van der Waals surface area contributed by atoms with Crippen LogP contribution >= 0.6 is 0 Å². The molecule has 2 atom stereocenters. The van der Waals surface area contributed by atoms with Gasteiger partial charge in [0.25, 0.3) is 0 Å². The van der Waals surface area contributed by atoms with Crippen LogP contribution in [0.5, 0.6) is 0 Å². The highest BCUT2D eigenvalue weighted by Crippen LogP contribution is 2.20. The summed E-state index contributed by atoms with van der Waals surface area (Å²) in [6.45, 7) is 3.33. The molecule has 1 amide bonds. The van der Waals surface area contributed by atoms with E-state index in [0.29, 0.717) is 23.8 Å². The predicted octanol–water partition coefficient (Wildman–Crippen LogP) is 1.66. The SMILES string of the molecule is CC(NC(=O)C1CCNC1)c1nc(-c2cccc(F)c2)no1. The van der Waals surface area contributed by atoms with Crippen molar-refractivity contribution in [3.05, 3.63) is 36.0 Å². The van der Waals surface area contributed by atoms with E-state index in [0.717, 1.165) is 13.0 Å². The Balaban J connectivity index is 1.68. The molecular formula is C15H17FN4O2. The van der Waals surface area contributed by atoms with Crippen LogP contribution in [0.25, 0.3) is 11.4 Å². The molecule has 2 heterocycles. The molecule has 1 aliphatic heterocycles. The van der Waals surface area contributed by atoms with Gasteiger partial charge in [-0.1, -0.05) is 17.3 Å². The maximum atomic E-state index is 13.2. The lowest BCUT2D eigenvalue weighted by molar-refractivity contribution is -0.125. The van der Waals surface area contributed by atoms with Gasteiger partial charge in [-0.2, -0.15) is 4.98 Å². The Hall–Kier alpha value is -2.28.